The normalized spacial score (nSPS) is 12.0. The molecular weight excluding hydrogens is 225 g/mol. The molecule has 1 radical (unpaired) electrons. The molecule has 2 rings (SSSR count). The Kier molecular flexibility index (Phi) is 2.34. The molecule has 1 nitrogen and oxygen atoms in total. The molecular formula is C10H6F3OS. The van der Waals surface area contributed by atoms with E-state index in [0.717, 1.165) is 4.70 Å². The van der Waals surface area contributed by atoms with Gasteiger partial charge in [-0.1, -0.05) is 6.07 Å². The monoisotopic (exact) mass is 231 g/mol. The number of hydrogen-bond acceptors (Lipinski definition) is 2. The number of alkyl halides is 3. The summed E-state index contributed by atoms with van der Waals surface area (Å²) in [7, 11) is 0. The van der Waals surface area contributed by atoms with E-state index >= 15 is 0 Å². The van der Waals surface area contributed by atoms with Gasteiger partial charge in [-0.25, -0.2) is 0 Å². The first-order valence-electron chi connectivity index (χ1n) is 4.13. The maximum atomic E-state index is 12.1. The van der Waals surface area contributed by atoms with Gasteiger partial charge in [0, 0.05) is 15.5 Å². The van der Waals surface area contributed by atoms with Crippen LogP contribution < -0.4 is 4.74 Å². The van der Waals surface area contributed by atoms with Crippen LogP contribution in [0.3, 0.4) is 0 Å². The second kappa shape index (κ2) is 3.41. The molecule has 0 unspecified atom stereocenters. The number of fused-ring (bicyclic) bond motifs is 1. The van der Waals surface area contributed by atoms with Crippen molar-refractivity contribution in [3.05, 3.63) is 29.1 Å². The highest BCUT2D eigenvalue weighted by Crippen LogP contribution is 2.35. The molecule has 79 valence electrons. The third kappa shape index (κ3) is 2.07. The first-order chi connectivity index (χ1) is 6.97. The lowest BCUT2D eigenvalue weighted by Crippen LogP contribution is -2.17. The SMILES string of the molecule is Cc1[c]sc2cccc(OC(F)(F)F)c12. The Morgan fingerprint density at radius 2 is 2.07 bits per heavy atom. The van der Waals surface area contributed by atoms with Crippen LogP contribution in [0.1, 0.15) is 5.56 Å². The van der Waals surface area contributed by atoms with Gasteiger partial charge in [0.15, 0.2) is 0 Å². The van der Waals surface area contributed by atoms with Gasteiger partial charge in [-0.05, 0) is 24.6 Å². The average molecular weight is 231 g/mol. The Morgan fingerprint density at radius 3 is 2.73 bits per heavy atom. The Labute approximate surface area is 88.1 Å². The van der Waals surface area contributed by atoms with Gasteiger partial charge in [-0.2, -0.15) is 0 Å². The van der Waals surface area contributed by atoms with Crippen molar-refractivity contribution < 1.29 is 17.9 Å². The van der Waals surface area contributed by atoms with Crippen molar-refractivity contribution in [1.29, 1.82) is 0 Å². The molecule has 0 aliphatic carbocycles. The first kappa shape index (κ1) is 10.3. The fraction of sp³-hybridized carbons (Fsp3) is 0.200. The van der Waals surface area contributed by atoms with Crippen LogP contribution in [0.15, 0.2) is 18.2 Å². The third-order valence-electron chi connectivity index (χ3n) is 1.90. The zero-order chi connectivity index (χ0) is 11.1. The summed E-state index contributed by atoms with van der Waals surface area (Å²) in [5, 5.41) is 3.38. The summed E-state index contributed by atoms with van der Waals surface area (Å²) >= 11 is 1.28. The lowest BCUT2D eigenvalue weighted by Gasteiger charge is -2.10. The molecule has 0 spiro atoms. The number of benzene rings is 1. The van der Waals surface area contributed by atoms with Gasteiger partial charge in [-0.3, -0.25) is 0 Å². The second-order valence-electron chi connectivity index (χ2n) is 3.01. The van der Waals surface area contributed by atoms with Crippen LogP contribution in [0.5, 0.6) is 5.75 Å². The van der Waals surface area contributed by atoms with Crippen molar-refractivity contribution in [2.24, 2.45) is 0 Å². The molecule has 1 aromatic heterocycles. The summed E-state index contributed by atoms with van der Waals surface area (Å²) < 4.78 is 40.9. The van der Waals surface area contributed by atoms with E-state index in [1.807, 2.05) is 0 Å². The molecule has 0 aliphatic heterocycles. The third-order valence-corrected chi connectivity index (χ3v) is 2.87. The molecule has 0 atom stereocenters. The molecule has 1 aromatic carbocycles. The molecule has 1 heterocycles. The maximum Gasteiger partial charge on any atom is 0.573 e. The smallest absolute Gasteiger partial charge is 0.405 e. The fourth-order valence-corrected chi connectivity index (χ4v) is 2.23. The van der Waals surface area contributed by atoms with Gasteiger partial charge < -0.3 is 4.74 Å². The van der Waals surface area contributed by atoms with Crippen LogP contribution in [0.4, 0.5) is 13.2 Å². The number of hydrogen-bond donors (Lipinski definition) is 0. The highest BCUT2D eigenvalue weighted by molar-refractivity contribution is 7.17. The number of thiophene rings is 1. The summed E-state index contributed by atoms with van der Waals surface area (Å²) in [6.07, 6.45) is -4.65. The van der Waals surface area contributed by atoms with Crippen molar-refractivity contribution in [3.8, 4) is 5.75 Å². The summed E-state index contributed by atoms with van der Waals surface area (Å²) in [5.74, 6) is -0.157. The highest BCUT2D eigenvalue weighted by atomic mass is 32.1. The van der Waals surface area contributed by atoms with E-state index in [2.05, 4.69) is 10.1 Å². The lowest BCUT2D eigenvalue weighted by molar-refractivity contribution is -0.274. The maximum absolute atomic E-state index is 12.1. The zero-order valence-electron chi connectivity index (χ0n) is 7.68. The molecule has 5 heteroatoms. The molecule has 0 amide bonds. The van der Waals surface area contributed by atoms with Gasteiger partial charge in [0.1, 0.15) is 5.75 Å². The second-order valence-corrected chi connectivity index (χ2v) is 3.85. The van der Waals surface area contributed by atoms with Gasteiger partial charge in [-0.15, -0.1) is 24.5 Å². The first-order valence-corrected chi connectivity index (χ1v) is 4.94. The highest BCUT2D eigenvalue weighted by Gasteiger charge is 2.32. The minimum Gasteiger partial charge on any atom is -0.405 e. The summed E-state index contributed by atoms with van der Waals surface area (Å²) in [6.45, 7) is 1.71. The topological polar surface area (TPSA) is 9.23 Å². The number of ether oxygens (including phenoxy) is 1. The van der Waals surface area contributed by atoms with E-state index < -0.39 is 6.36 Å². The van der Waals surface area contributed by atoms with Gasteiger partial charge >= 0.3 is 6.36 Å². The molecule has 0 N–H and O–H groups in total. The predicted molar refractivity (Wildman–Crippen MR) is 52.1 cm³/mol. The van der Waals surface area contributed by atoms with E-state index in [1.54, 1.807) is 13.0 Å². The average Bonchev–Trinajstić information content (AvgIpc) is 2.46. The van der Waals surface area contributed by atoms with Crippen molar-refractivity contribution in [2.75, 3.05) is 0 Å². The Morgan fingerprint density at radius 1 is 1.33 bits per heavy atom. The van der Waals surface area contributed by atoms with Crippen LogP contribution in [0.25, 0.3) is 10.1 Å². The minimum atomic E-state index is -4.65. The minimum absolute atomic E-state index is 0.157. The molecule has 0 aliphatic rings. The van der Waals surface area contributed by atoms with Gasteiger partial charge in [0.05, 0.1) is 0 Å². The van der Waals surface area contributed by atoms with Crippen molar-refractivity contribution in [3.63, 3.8) is 0 Å². The van der Waals surface area contributed by atoms with E-state index in [4.69, 9.17) is 0 Å². The standard InChI is InChI=1S/C10H6F3OS/c1-6-5-15-8-4-2-3-7(9(6)8)14-10(11,12)13/h2-4H,1H3. The van der Waals surface area contributed by atoms with Gasteiger partial charge in [0.2, 0.25) is 0 Å². The molecule has 0 fully saturated rings. The lowest BCUT2D eigenvalue weighted by atomic mass is 10.2. The summed E-state index contributed by atoms with van der Waals surface area (Å²) in [5.41, 5.74) is 0.676. The van der Waals surface area contributed by atoms with Crippen LogP contribution in [-0.4, -0.2) is 6.36 Å². The summed E-state index contributed by atoms with van der Waals surface area (Å²) in [4.78, 5) is 0. The number of halogens is 3. The summed E-state index contributed by atoms with van der Waals surface area (Å²) in [6, 6.07) is 4.59. The van der Waals surface area contributed by atoms with E-state index in [9.17, 15) is 13.2 Å². The largest absolute Gasteiger partial charge is 0.573 e. The molecule has 2 aromatic rings. The van der Waals surface area contributed by atoms with Crippen LogP contribution in [-0.2, 0) is 0 Å². The predicted octanol–water partition coefficient (Wildman–Crippen LogP) is 3.91. The Bertz CT molecular complexity index is 487. The van der Waals surface area contributed by atoms with E-state index in [-0.39, 0.29) is 5.75 Å². The number of aryl methyl sites for hydroxylation is 1. The van der Waals surface area contributed by atoms with E-state index in [0.29, 0.717) is 10.9 Å². The van der Waals surface area contributed by atoms with Gasteiger partial charge in [0.25, 0.3) is 0 Å². The quantitative estimate of drug-likeness (QED) is 0.723. The van der Waals surface area contributed by atoms with Crippen molar-refractivity contribution in [1.82, 2.24) is 0 Å². The fourth-order valence-electron chi connectivity index (χ4n) is 1.36. The van der Waals surface area contributed by atoms with Crippen molar-refractivity contribution >= 4 is 21.4 Å². The zero-order valence-corrected chi connectivity index (χ0v) is 8.50. The Balaban J connectivity index is 2.55. The Hall–Kier alpha value is -1.23. The number of rotatable bonds is 1. The van der Waals surface area contributed by atoms with Crippen molar-refractivity contribution in [2.45, 2.75) is 13.3 Å². The van der Waals surface area contributed by atoms with E-state index in [1.165, 1.54) is 23.5 Å². The van der Waals surface area contributed by atoms with Crippen LogP contribution >= 0.6 is 11.3 Å². The van der Waals surface area contributed by atoms with Crippen LogP contribution in [0.2, 0.25) is 0 Å². The molecule has 0 saturated carbocycles. The molecule has 0 saturated heterocycles. The van der Waals surface area contributed by atoms with Crippen LogP contribution in [0, 0.1) is 12.3 Å². The molecule has 15 heavy (non-hydrogen) atoms. The molecule has 0 bridgehead atoms.